The van der Waals surface area contributed by atoms with Crippen molar-refractivity contribution in [2.45, 2.75) is 129 Å². The van der Waals surface area contributed by atoms with E-state index in [0.717, 1.165) is 25.7 Å². The number of methoxy groups -OCH3 is 3. The Bertz CT molecular complexity index is 1560. The molecule has 3 N–H and O–H groups in total. The molecule has 2 aliphatic rings. The van der Waals surface area contributed by atoms with Gasteiger partial charge in [0.15, 0.2) is 0 Å². The molecular weight excluding hydrogens is 1020 g/mol. The van der Waals surface area contributed by atoms with Crippen LogP contribution in [0.5, 0.6) is 0 Å². The van der Waals surface area contributed by atoms with Crippen LogP contribution in [0.1, 0.15) is 129 Å². The van der Waals surface area contributed by atoms with Crippen LogP contribution in [0, 0.1) is 22.7 Å². The molecule has 414 valence electrons. The van der Waals surface area contributed by atoms with Crippen LogP contribution < -0.4 is 10.6 Å². The van der Waals surface area contributed by atoms with Crippen LogP contribution in [0.4, 0.5) is 9.59 Å². The van der Waals surface area contributed by atoms with Gasteiger partial charge in [0.2, 0.25) is 0 Å². The highest BCUT2D eigenvalue weighted by molar-refractivity contribution is 8.77. The van der Waals surface area contributed by atoms with Gasteiger partial charge < -0.3 is 48.9 Å². The highest BCUT2D eigenvalue weighted by Crippen LogP contribution is 2.40. The number of carbonyl (C=O) groups excluding carboxylic acids is 11. The van der Waals surface area contributed by atoms with Gasteiger partial charge in [-0.15, -0.1) is 0 Å². The molecule has 2 aliphatic carbocycles. The van der Waals surface area contributed by atoms with Gasteiger partial charge in [-0.2, -0.15) is 19.2 Å². The maximum Gasteiger partial charge on any atom is 0.407 e. The van der Waals surface area contributed by atoms with E-state index in [1.807, 2.05) is 0 Å². The number of ether oxygens (including phenoxy) is 7. The largest absolute Gasteiger partial charge is 0.469 e. The van der Waals surface area contributed by atoms with Crippen molar-refractivity contribution >= 4 is 97.5 Å². The fourth-order valence-electron chi connectivity index (χ4n) is 8.04. The summed E-state index contributed by atoms with van der Waals surface area (Å²) in [5.74, 6) is -1.94. The van der Waals surface area contributed by atoms with Crippen LogP contribution in [-0.2, 0) is 76.3 Å². The van der Waals surface area contributed by atoms with Gasteiger partial charge in [-0.1, -0.05) is 108 Å². The van der Waals surface area contributed by atoms with Crippen molar-refractivity contribution in [3.05, 3.63) is 0 Å². The zero-order chi connectivity index (χ0) is 54.3. The minimum atomic E-state index is -0.891. The van der Waals surface area contributed by atoms with E-state index in [1.54, 1.807) is 0 Å². The molecule has 0 aromatic rings. The third kappa shape index (κ3) is 36.8. The molecule has 0 bridgehead atoms. The van der Waals surface area contributed by atoms with Gasteiger partial charge in [-0.3, -0.25) is 24.0 Å². The highest BCUT2D eigenvalue weighted by atomic mass is 33.1. The van der Waals surface area contributed by atoms with E-state index in [-0.39, 0.29) is 74.2 Å². The van der Waals surface area contributed by atoms with Gasteiger partial charge in [0, 0.05) is 42.5 Å². The first-order valence-corrected chi connectivity index (χ1v) is 29.1. The molecule has 0 aromatic carbocycles. The molecule has 2 rings (SSSR count). The molecule has 2 unspecified atom stereocenters. The second-order valence-corrected chi connectivity index (χ2v) is 22.0. The number of nitrogens with one attached hydrogen (secondary N) is 2. The SMILES string of the molecule is CCCC1(CNC(=O)OCCSSCCOC(=O)CC(CCC(=O)OC)C(=O)OC)CCCCC1.CCCC1(CNC(=O)OCCSSCCOC(=O)CC(CO)C(=O)OC)CCCCC1.O=C=O.O=C=O. The van der Waals surface area contributed by atoms with Gasteiger partial charge in [-0.05, 0) is 55.8 Å². The predicted molar refractivity (Wildman–Crippen MR) is 270 cm³/mol. The average Bonchev–Trinajstić information content (AvgIpc) is 3.38. The smallest absolute Gasteiger partial charge is 0.407 e. The second kappa shape index (κ2) is 46.8. The van der Waals surface area contributed by atoms with E-state index >= 15 is 0 Å². The van der Waals surface area contributed by atoms with E-state index in [2.05, 4.69) is 34.0 Å². The third-order valence-corrected chi connectivity index (χ3v) is 16.1. The minimum Gasteiger partial charge on any atom is -0.469 e. The van der Waals surface area contributed by atoms with Crippen molar-refractivity contribution in [3.8, 4) is 0 Å². The summed E-state index contributed by atoms with van der Waals surface area (Å²) in [5, 5.41) is 15.0. The minimum absolute atomic E-state index is 0.0236. The summed E-state index contributed by atoms with van der Waals surface area (Å²) in [5.41, 5.74) is 0.467. The molecule has 0 heterocycles. The predicted octanol–water partition coefficient (Wildman–Crippen LogP) is 6.91. The molecule has 21 nitrogen and oxygen atoms in total. The van der Waals surface area contributed by atoms with Gasteiger partial charge in [0.05, 0.1) is 52.6 Å². The van der Waals surface area contributed by atoms with Crippen molar-refractivity contribution in [3.63, 3.8) is 0 Å². The quantitative estimate of drug-likeness (QED) is 0.0267. The molecule has 0 radical (unpaired) electrons. The van der Waals surface area contributed by atoms with Gasteiger partial charge in [0.1, 0.15) is 26.4 Å². The number of amides is 2. The Kier molecular flexibility index (Phi) is 45.5. The summed E-state index contributed by atoms with van der Waals surface area (Å²) in [4.78, 5) is 115. The lowest BCUT2D eigenvalue weighted by Gasteiger charge is -2.37. The maximum atomic E-state index is 12.0. The molecule has 0 aromatic heterocycles. The number of hydrogen-bond acceptors (Lipinski definition) is 23. The molecule has 0 saturated heterocycles. The van der Waals surface area contributed by atoms with Crippen molar-refractivity contribution in [2.24, 2.45) is 22.7 Å². The van der Waals surface area contributed by atoms with Crippen LogP contribution in [0.3, 0.4) is 0 Å². The zero-order valence-corrected chi connectivity index (χ0v) is 45.9. The molecule has 2 atom stereocenters. The molecule has 2 fully saturated rings. The van der Waals surface area contributed by atoms with E-state index in [0.29, 0.717) is 49.3 Å². The fraction of sp³-hybridized carbons (Fsp3) is 0.809. The van der Waals surface area contributed by atoms with Crippen LogP contribution in [0.25, 0.3) is 0 Å². The van der Waals surface area contributed by atoms with Crippen LogP contribution >= 0.6 is 43.2 Å². The van der Waals surface area contributed by atoms with Crippen molar-refractivity contribution in [1.82, 2.24) is 10.6 Å². The molecule has 2 amide bonds. The van der Waals surface area contributed by atoms with Crippen molar-refractivity contribution < 1.29 is 91.0 Å². The molecule has 72 heavy (non-hydrogen) atoms. The normalized spacial score (nSPS) is 14.8. The summed E-state index contributed by atoms with van der Waals surface area (Å²) in [6.07, 6.45) is 16.4. The van der Waals surface area contributed by atoms with Crippen molar-refractivity contribution in [2.75, 3.05) is 90.5 Å². The number of carbonyl (C=O) groups is 7. The Morgan fingerprint density at radius 3 is 1.21 bits per heavy atom. The molecule has 0 aliphatic heterocycles. The Hall–Kier alpha value is -3.99. The lowest BCUT2D eigenvalue weighted by molar-refractivity contribution is -0.193. The molecular formula is C47H78N2O19S4. The summed E-state index contributed by atoms with van der Waals surface area (Å²) in [6, 6.07) is 0. The topological polar surface area (TPSA) is 297 Å². The standard InChI is InChI=1S/C24H41NO8S2.C21H37NO7S2.2CO2/c1-4-10-24(11-6-5-7-12-24)18-25-23(29)33-14-16-35-34-15-13-32-21(27)17-19(22(28)31-3)8-9-20(26)30-2;1-3-7-21(8-5-4-6-9-21)16-22-20(26)29-11-13-31-30-12-10-28-18(24)14-17(15-23)19(25)27-2;2*2-1-3/h19H,4-18H2,1-3H3,(H,25,29);17,23H,3-16H2,1-2H3,(H,22,26);;. The van der Waals surface area contributed by atoms with Crippen LogP contribution in [-0.4, -0.2) is 150 Å². The maximum absolute atomic E-state index is 12.0. The molecule has 25 heteroatoms. The summed E-state index contributed by atoms with van der Waals surface area (Å²) >= 11 is 0. The van der Waals surface area contributed by atoms with Gasteiger partial charge in [-0.25, -0.2) is 9.59 Å². The lowest BCUT2D eigenvalue weighted by Crippen LogP contribution is -2.39. The fourth-order valence-corrected chi connectivity index (χ4v) is 11.3. The highest BCUT2D eigenvalue weighted by Gasteiger charge is 2.33. The monoisotopic (exact) mass is 1100 g/mol. The molecule has 2 saturated carbocycles. The third-order valence-electron chi connectivity index (χ3n) is 11.5. The van der Waals surface area contributed by atoms with E-state index in [9.17, 15) is 33.6 Å². The summed E-state index contributed by atoms with van der Waals surface area (Å²) in [6.45, 7) is 6.34. The second-order valence-electron chi connectivity index (χ2n) is 16.6. The van der Waals surface area contributed by atoms with E-state index < -0.39 is 48.3 Å². The average molecular weight is 1100 g/mol. The number of hydrogen-bond donors (Lipinski definition) is 3. The van der Waals surface area contributed by atoms with E-state index in [4.69, 9.17) is 48.0 Å². The molecule has 0 spiro atoms. The number of rotatable bonds is 32. The first kappa shape index (κ1) is 70.1. The Balaban J connectivity index is 0. The number of esters is 5. The first-order valence-electron chi connectivity index (χ1n) is 24.1. The van der Waals surface area contributed by atoms with Crippen LogP contribution in [0.15, 0.2) is 0 Å². The van der Waals surface area contributed by atoms with Crippen LogP contribution in [0.2, 0.25) is 0 Å². The summed E-state index contributed by atoms with van der Waals surface area (Å²) in [7, 11) is 9.79. The Morgan fingerprint density at radius 1 is 0.528 bits per heavy atom. The zero-order valence-electron chi connectivity index (χ0n) is 42.6. The Labute approximate surface area is 439 Å². The number of aliphatic hydroxyl groups excluding tert-OH is 1. The van der Waals surface area contributed by atoms with E-state index in [1.165, 1.54) is 129 Å². The van der Waals surface area contributed by atoms with Gasteiger partial charge in [0.25, 0.3) is 0 Å². The summed E-state index contributed by atoms with van der Waals surface area (Å²) < 4.78 is 34.5. The Morgan fingerprint density at radius 2 is 0.875 bits per heavy atom. The first-order chi connectivity index (χ1) is 34.6. The lowest BCUT2D eigenvalue weighted by atomic mass is 9.71. The van der Waals surface area contributed by atoms with Gasteiger partial charge >= 0.3 is 54.3 Å². The number of aliphatic hydroxyl groups is 1. The number of alkyl carbamates (subject to hydrolysis) is 2. The van der Waals surface area contributed by atoms with Crippen molar-refractivity contribution in [1.29, 1.82) is 0 Å².